The van der Waals surface area contributed by atoms with Crippen molar-refractivity contribution in [3.63, 3.8) is 0 Å². The van der Waals surface area contributed by atoms with E-state index < -0.39 is 0 Å². The van der Waals surface area contributed by atoms with Crippen LogP contribution in [-0.2, 0) is 0 Å². The lowest BCUT2D eigenvalue weighted by atomic mass is 9.71. The Morgan fingerprint density at radius 2 is 1.71 bits per heavy atom. The molecule has 0 aromatic rings. The lowest BCUT2D eigenvalue weighted by molar-refractivity contribution is 0.159. The van der Waals surface area contributed by atoms with Crippen LogP contribution in [-0.4, -0.2) is 13.6 Å². The van der Waals surface area contributed by atoms with Gasteiger partial charge in [0, 0.05) is 0 Å². The van der Waals surface area contributed by atoms with E-state index in [1.54, 1.807) is 0 Å². The molecule has 0 aliphatic heterocycles. The molecule has 0 radical (unpaired) electrons. The number of hydrogen-bond donors (Lipinski definition) is 1. The van der Waals surface area contributed by atoms with Gasteiger partial charge in [-0.15, -0.1) is 0 Å². The van der Waals surface area contributed by atoms with Gasteiger partial charge in [-0.3, -0.25) is 0 Å². The molecular formula is C13H27N. The van der Waals surface area contributed by atoms with Crippen LogP contribution in [0.15, 0.2) is 0 Å². The molecule has 14 heavy (non-hydrogen) atoms. The van der Waals surface area contributed by atoms with E-state index in [1.165, 1.54) is 57.9 Å². The normalized spacial score (nSPS) is 26.1. The highest BCUT2D eigenvalue weighted by atomic mass is 14.8. The summed E-state index contributed by atoms with van der Waals surface area (Å²) in [6.45, 7) is 3.54. The fourth-order valence-electron chi connectivity index (χ4n) is 2.56. The van der Waals surface area contributed by atoms with Gasteiger partial charge in [-0.2, -0.15) is 0 Å². The number of hydrogen-bond acceptors (Lipinski definition) is 1. The summed E-state index contributed by atoms with van der Waals surface area (Å²) < 4.78 is 0. The van der Waals surface area contributed by atoms with Crippen molar-refractivity contribution in [3.05, 3.63) is 0 Å². The van der Waals surface area contributed by atoms with Crippen LogP contribution in [0.3, 0.4) is 0 Å². The van der Waals surface area contributed by atoms with Crippen molar-refractivity contribution in [1.82, 2.24) is 5.32 Å². The summed E-state index contributed by atoms with van der Waals surface area (Å²) in [4.78, 5) is 0. The second-order valence-electron chi connectivity index (χ2n) is 4.86. The molecule has 2 atom stereocenters. The molecule has 0 aromatic heterocycles. The lowest BCUT2D eigenvalue weighted by Crippen LogP contribution is -2.33. The lowest BCUT2D eigenvalue weighted by Gasteiger charge is -2.36. The Morgan fingerprint density at radius 1 is 1.00 bits per heavy atom. The summed E-state index contributed by atoms with van der Waals surface area (Å²) in [5.74, 6) is 2.07. The Morgan fingerprint density at radius 3 is 2.29 bits per heavy atom. The molecule has 1 rings (SSSR count). The highest BCUT2D eigenvalue weighted by Gasteiger charge is 2.28. The molecule has 0 aromatic carbocycles. The molecule has 0 saturated heterocycles. The minimum absolute atomic E-state index is 1.01. The molecule has 1 aliphatic rings. The van der Waals surface area contributed by atoms with Gasteiger partial charge in [0.1, 0.15) is 0 Å². The third-order valence-corrected chi connectivity index (χ3v) is 3.72. The monoisotopic (exact) mass is 197 g/mol. The minimum Gasteiger partial charge on any atom is -0.319 e. The van der Waals surface area contributed by atoms with Crippen molar-refractivity contribution in [2.75, 3.05) is 13.6 Å². The maximum atomic E-state index is 3.31. The molecule has 0 bridgehead atoms. The van der Waals surface area contributed by atoms with Gasteiger partial charge in [0.25, 0.3) is 0 Å². The zero-order chi connectivity index (χ0) is 10.2. The predicted octanol–water partition coefficient (Wildman–Crippen LogP) is 3.59. The zero-order valence-corrected chi connectivity index (χ0v) is 10.0. The SMILES string of the molecule is CCCCCCCC1CCC1CNC. The molecule has 1 aliphatic carbocycles. The van der Waals surface area contributed by atoms with E-state index in [-0.39, 0.29) is 0 Å². The molecule has 1 saturated carbocycles. The van der Waals surface area contributed by atoms with E-state index in [9.17, 15) is 0 Å². The van der Waals surface area contributed by atoms with Crippen LogP contribution in [0.4, 0.5) is 0 Å². The molecular weight excluding hydrogens is 170 g/mol. The highest BCUT2D eigenvalue weighted by molar-refractivity contribution is 4.81. The van der Waals surface area contributed by atoms with Crippen molar-refractivity contribution < 1.29 is 0 Å². The van der Waals surface area contributed by atoms with E-state index in [4.69, 9.17) is 0 Å². The van der Waals surface area contributed by atoms with Crippen molar-refractivity contribution in [3.8, 4) is 0 Å². The molecule has 0 heterocycles. The fraction of sp³-hybridized carbons (Fsp3) is 1.00. The van der Waals surface area contributed by atoms with Gasteiger partial charge in [0.15, 0.2) is 0 Å². The Balaban J connectivity index is 1.91. The van der Waals surface area contributed by atoms with Crippen molar-refractivity contribution >= 4 is 0 Å². The minimum atomic E-state index is 1.01. The summed E-state index contributed by atoms with van der Waals surface area (Å²) in [6.07, 6.45) is 11.7. The van der Waals surface area contributed by atoms with E-state index in [2.05, 4.69) is 19.3 Å². The van der Waals surface area contributed by atoms with Gasteiger partial charge in [-0.1, -0.05) is 45.4 Å². The topological polar surface area (TPSA) is 12.0 Å². The van der Waals surface area contributed by atoms with Crippen LogP contribution >= 0.6 is 0 Å². The van der Waals surface area contributed by atoms with E-state index in [0.717, 1.165) is 11.8 Å². The molecule has 0 spiro atoms. The zero-order valence-electron chi connectivity index (χ0n) is 10.0. The first-order valence-corrected chi connectivity index (χ1v) is 6.53. The standard InChI is InChI=1S/C13H27N/c1-3-4-5-6-7-8-12-9-10-13(12)11-14-2/h12-14H,3-11H2,1-2H3. The maximum Gasteiger partial charge on any atom is -0.00209 e. The van der Waals surface area contributed by atoms with Crippen LogP contribution in [0.1, 0.15) is 58.3 Å². The van der Waals surface area contributed by atoms with Crippen LogP contribution < -0.4 is 5.32 Å². The second kappa shape index (κ2) is 7.28. The van der Waals surface area contributed by atoms with Crippen molar-refractivity contribution in [2.24, 2.45) is 11.8 Å². The van der Waals surface area contributed by atoms with Gasteiger partial charge in [-0.05, 0) is 38.3 Å². The molecule has 2 unspecified atom stereocenters. The summed E-state index contributed by atoms with van der Waals surface area (Å²) in [5.41, 5.74) is 0. The van der Waals surface area contributed by atoms with Crippen LogP contribution in [0.5, 0.6) is 0 Å². The molecule has 1 N–H and O–H groups in total. The molecule has 1 fully saturated rings. The van der Waals surface area contributed by atoms with E-state index in [0.29, 0.717) is 0 Å². The van der Waals surface area contributed by atoms with E-state index in [1.807, 2.05) is 0 Å². The fourth-order valence-corrected chi connectivity index (χ4v) is 2.56. The van der Waals surface area contributed by atoms with Crippen LogP contribution in [0.2, 0.25) is 0 Å². The second-order valence-corrected chi connectivity index (χ2v) is 4.86. The Kier molecular flexibility index (Phi) is 6.25. The van der Waals surface area contributed by atoms with Crippen molar-refractivity contribution in [1.29, 1.82) is 0 Å². The smallest absolute Gasteiger partial charge is 0.00209 e. The Hall–Kier alpha value is -0.0400. The number of rotatable bonds is 8. The van der Waals surface area contributed by atoms with Gasteiger partial charge in [0.2, 0.25) is 0 Å². The third-order valence-electron chi connectivity index (χ3n) is 3.72. The highest BCUT2D eigenvalue weighted by Crippen LogP contribution is 2.37. The number of unbranched alkanes of at least 4 members (excludes halogenated alkanes) is 4. The summed E-state index contributed by atoms with van der Waals surface area (Å²) >= 11 is 0. The average molecular weight is 197 g/mol. The first kappa shape index (κ1) is 12.0. The first-order chi connectivity index (χ1) is 6.88. The molecule has 84 valence electrons. The molecule has 1 nitrogen and oxygen atoms in total. The maximum absolute atomic E-state index is 3.31. The van der Waals surface area contributed by atoms with Gasteiger partial charge < -0.3 is 5.32 Å². The van der Waals surface area contributed by atoms with Crippen LogP contribution in [0, 0.1) is 11.8 Å². The first-order valence-electron chi connectivity index (χ1n) is 6.53. The molecule has 0 amide bonds. The summed E-state index contributed by atoms with van der Waals surface area (Å²) in [5, 5.41) is 3.31. The van der Waals surface area contributed by atoms with Gasteiger partial charge in [-0.25, -0.2) is 0 Å². The quantitative estimate of drug-likeness (QED) is 0.586. The summed E-state index contributed by atoms with van der Waals surface area (Å²) in [7, 11) is 2.08. The summed E-state index contributed by atoms with van der Waals surface area (Å²) in [6, 6.07) is 0. The average Bonchev–Trinajstić information content (AvgIpc) is 2.18. The largest absolute Gasteiger partial charge is 0.319 e. The Bertz CT molecular complexity index is 133. The van der Waals surface area contributed by atoms with E-state index >= 15 is 0 Å². The molecule has 1 heteroatoms. The predicted molar refractivity (Wildman–Crippen MR) is 63.5 cm³/mol. The van der Waals surface area contributed by atoms with Crippen LogP contribution in [0.25, 0.3) is 0 Å². The number of nitrogens with one attached hydrogen (secondary N) is 1. The Labute approximate surface area is 89.7 Å². The van der Waals surface area contributed by atoms with Gasteiger partial charge in [0.05, 0.1) is 0 Å². The van der Waals surface area contributed by atoms with Crippen molar-refractivity contribution in [2.45, 2.75) is 58.3 Å². The third kappa shape index (κ3) is 4.00. The van der Waals surface area contributed by atoms with Gasteiger partial charge >= 0.3 is 0 Å².